The maximum atomic E-state index is 14.3. The maximum Gasteiger partial charge on any atom is 0.409 e. The van der Waals surface area contributed by atoms with E-state index in [1.807, 2.05) is 54.6 Å². The molecule has 6 rings (SSSR count). The fraction of sp³-hybridized carbons (Fsp3) is 0.341. The minimum atomic E-state index is -1.01. The van der Waals surface area contributed by atoms with Crippen LogP contribution in [0.5, 0.6) is 0 Å². The summed E-state index contributed by atoms with van der Waals surface area (Å²) in [5, 5.41) is 10.5. The molecule has 7 nitrogen and oxygen atoms in total. The van der Waals surface area contributed by atoms with Crippen LogP contribution in [0, 0.1) is 5.92 Å². The predicted molar refractivity (Wildman–Crippen MR) is 192 cm³/mol. The number of carboxylic acids is 1. The zero-order chi connectivity index (χ0) is 34.9. The Labute approximate surface area is 293 Å². The van der Waals surface area contributed by atoms with Crippen molar-refractivity contribution in [2.75, 3.05) is 27.2 Å². The summed E-state index contributed by atoms with van der Waals surface area (Å²) in [6, 6.07) is 31.4. The van der Waals surface area contributed by atoms with Gasteiger partial charge in [0.1, 0.15) is 6.61 Å². The molecular weight excluding hydrogens is 636 g/mol. The van der Waals surface area contributed by atoms with Crippen molar-refractivity contribution in [3.05, 3.63) is 130 Å². The molecule has 49 heavy (non-hydrogen) atoms. The van der Waals surface area contributed by atoms with Crippen LogP contribution in [-0.2, 0) is 26.2 Å². The Morgan fingerprint density at radius 1 is 0.857 bits per heavy atom. The number of carbonyl (C=O) groups is 3. The van der Waals surface area contributed by atoms with Crippen molar-refractivity contribution in [2.45, 2.75) is 56.4 Å². The summed E-state index contributed by atoms with van der Waals surface area (Å²) in [6.07, 6.45) is 0.355. The van der Waals surface area contributed by atoms with E-state index < -0.39 is 24.0 Å². The smallest absolute Gasteiger partial charge is 0.409 e. The molecule has 0 heterocycles. The van der Waals surface area contributed by atoms with E-state index in [-0.39, 0.29) is 42.7 Å². The van der Waals surface area contributed by atoms with Crippen molar-refractivity contribution in [1.29, 1.82) is 0 Å². The quantitative estimate of drug-likeness (QED) is 0.173. The monoisotopic (exact) mass is 678 g/mol. The number of carbonyl (C=O) groups excluding carboxylic acids is 2. The molecule has 0 radical (unpaired) electrons. The fourth-order valence-electron chi connectivity index (χ4n) is 7.91. The number of halogens is 1. The Morgan fingerprint density at radius 2 is 1.43 bits per heavy atom. The van der Waals surface area contributed by atoms with E-state index >= 15 is 0 Å². The second kappa shape index (κ2) is 14.1. The average Bonchev–Trinajstić information content (AvgIpc) is 3.56. The number of ether oxygens (including phenoxy) is 1. The predicted octanol–water partition coefficient (Wildman–Crippen LogP) is 8.15. The van der Waals surface area contributed by atoms with Crippen LogP contribution in [0.3, 0.4) is 0 Å². The number of carboxylic acid groups (broad SMARTS) is 1. The number of nitrogens with zero attached hydrogens (tertiary/aromatic N) is 2. The van der Waals surface area contributed by atoms with Gasteiger partial charge in [-0.2, -0.15) is 0 Å². The van der Waals surface area contributed by atoms with Crippen LogP contribution in [-0.4, -0.2) is 66.2 Å². The highest BCUT2D eigenvalue weighted by molar-refractivity contribution is 6.30. The summed E-state index contributed by atoms with van der Waals surface area (Å²) in [7, 11) is 3.39. The van der Waals surface area contributed by atoms with Gasteiger partial charge >= 0.3 is 12.1 Å². The molecule has 2 aliphatic rings. The molecule has 0 saturated carbocycles. The molecule has 1 N–H and O–H groups in total. The molecule has 0 fully saturated rings. The molecule has 0 aliphatic heterocycles. The highest BCUT2D eigenvalue weighted by Gasteiger charge is 2.44. The van der Waals surface area contributed by atoms with E-state index in [1.165, 1.54) is 0 Å². The Hall–Kier alpha value is -4.62. The lowest BCUT2D eigenvalue weighted by Gasteiger charge is -2.34. The molecule has 4 aromatic rings. The van der Waals surface area contributed by atoms with Gasteiger partial charge in [0.15, 0.2) is 0 Å². The third-order valence-corrected chi connectivity index (χ3v) is 10.7. The van der Waals surface area contributed by atoms with E-state index in [0.29, 0.717) is 17.9 Å². The zero-order valence-corrected chi connectivity index (χ0v) is 29.2. The maximum absolute atomic E-state index is 14.3. The summed E-state index contributed by atoms with van der Waals surface area (Å²) in [4.78, 5) is 43.3. The lowest BCUT2D eigenvalue weighted by molar-refractivity contribution is -0.145. The summed E-state index contributed by atoms with van der Waals surface area (Å²) in [5.74, 6) is -2.32. The lowest BCUT2D eigenvalue weighted by Crippen LogP contribution is -2.48. The molecule has 2 unspecified atom stereocenters. The van der Waals surface area contributed by atoms with Crippen molar-refractivity contribution in [3.8, 4) is 11.1 Å². The number of hydrogen-bond donors (Lipinski definition) is 1. The van der Waals surface area contributed by atoms with E-state index in [1.54, 1.807) is 36.0 Å². The van der Waals surface area contributed by atoms with Crippen molar-refractivity contribution in [3.63, 3.8) is 0 Å². The first-order valence-corrected chi connectivity index (χ1v) is 17.2. The summed E-state index contributed by atoms with van der Waals surface area (Å²) in [5.41, 5.74) is 7.51. The number of hydrogen-bond acceptors (Lipinski definition) is 4. The topological polar surface area (TPSA) is 87.2 Å². The Kier molecular flexibility index (Phi) is 9.84. The van der Waals surface area contributed by atoms with Crippen LogP contribution in [0.15, 0.2) is 97.1 Å². The van der Waals surface area contributed by atoms with Crippen LogP contribution in [0.2, 0.25) is 5.02 Å². The molecule has 2 aliphatic carbocycles. The minimum Gasteiger partial charge on any atom is -0.481 e. The largest absolute Gasteiger partial charge is 0.481 e. The first kappa shape index (κ1) is 34.3. The van der Waals surface area contributed by atoms with Gasteiger partial charge in [-0.1, -0.05) is 110 Å². The number of likely N-dealkylation sites (N-methyl/N-ethyl adjacent to an activating group) is 2. The number of amides is 2. The molecule has 254 valence electrons. The van der Waals surface area contributed by atoms with E-state index in [2.05, 4.69) is 44.2 Å². The third-order valence-electron chi connectivity index (χ3n) is 10.4. The number of fused-ring (bicyclic) bond motifs is 4. The molecule has 2 amide bonds. The van der Waals surface area contributed by atoms with E-state index in [0.717, 1.165) is 38.9 Å². The van der Waals surface area contributed by atoms with Gasteiger partial charge in [-0.05, 0) is 75.3 Å². The number of rotatable bonds is 11. The van der Waals surface area contributed by atoms with Crippen molar-refractivity contribution in [2.24, 2.45) is 5.92 Å². The van der Waals surface area contributed by atoms with Gasteiger partial charge in [0.25, 0.3) is 0 Å². The van der Waals surface area contributed by atoms with Crippen LogP contribution in [0.1, 0.15) is 66.3 Å². The van der Waals surface area contributed by atoms with Gasteiger partial charge < -0.3 is 19.6 Å². The van der Waals surface area contributed by atoms with Crippen molar-refractivity contribution >= 4 is 29.6 Å². The molecule has 0 aromatic heterocycles. The molecule has 0 spiro atoms. The molecular formula is C41H43ClN2O5. The van der Waals surface area contributed by atoms with Crippen LogP contribution >= 0.6 is 11.6 Å². The summed E-state index contributed by atoms with van der Waals surface area (Å²) >= 11 is 6.17. The zero-order valence-electron chi connectivity index (χ0n) is 28.4. The van der Waals surface area contributed by atoms with Gasteiger partial charge in [0.05, 0.1) is 18.4 Å². The Morgan fingerprint density at radius 3 is 2.04 bits per heavy atom. The molecule has 3 atom stereocenters. The minimum absolute atomic E-state index is 0.0842. The average molecular weight is 679 g/mol. The van der Waals surface area contributed by atoms with Gasteiger partial charge in [-0.25, -0.2) is 4.79 Å². The Bertz CT molecular complexity index is 1810. The van der Waals surface area contributed by atoms with Crippen molar-refractivity contribution in [1.82, 2.24) is 9.80 Å². The molecule has 0 bridgehead atoms. The van der Waals surface area contributed by atoms with Crippen LogP contribution in [0.25, 0.3) is 11.1 Å². The first-order valence-electron chi connectivity index (χ1n) is 16.8. The number of benzene rings is 4. The second-order valence-electron chi connectivity index (χ2n) is 14.1. The first-order chi connectivity index (χ1) is 23.4. The normalized spacial score (nSPS) is 17.0. The van der Waals surface area contributed by atoms with Crippen LogP contribution in [0.4, 0.5) is 4.79 Å². The van der Waals surface area contributed by atoms with Crippen molar-refractivity contribution < 1.29 is 24.2 Å². The lowest BCUT2D eigenvalue weighted by atomic mass is 9.81. The highest BCUT2D eigenvalue weighted by atomic mass is 35.5. The second-order valence-corrected chi connectivity index (χ2v) is 14.5. The fourth-order valence-corrected chi connectivity index (χ4v) is 8.03. The SMILES string of the molecule is CN(CC(Cc1ccc(Cl)cc1)N(C)C(=O)OCC1c2ccccc2-c2ccccc21)C(=O)C(CC(=O)O)[C@H]1CC(C)(C)c2ccccc21. The molecule has 8 heteroatoms. The standard InChI is InChI=1S/C41H43ClN2O5/c1-41(2)23-35(33-15-9-10-16-37(33)41)34(22-38(45)46)39(47)43(3)24-28(21-26-17-19-27(42)20-18-26)44(4)40(48)49-25-36-31-13-7-5-11-29(31)30-12-6-8-14-32(30)36/h5-20,28,34-36H,21-25H2,1-4H3,(H,45,46)/t28?,34?,35-/m0/s1. The van der Waals surface area contributed by atoms with Gasteiger partial charge in [-0.15, -0.1) is 0 Å². The van der Waals surface area contributed by atoms with Gasteiger partial charge in [0.2, 0.25) is 5.91 Å². The van der Waals surface area contributed by atoms with Gasteiger partial charge in [-0.3, -0.25) is 9.59 Å². The Balaban J connectivity index is 1.22. The summed E-state index contributed by atoms with van der Waals surface area (Å²) < 4.78 is 6.01. The van der Waals surface area contributed by atoms with Gasteiger partial charge in [0, 0.05) is 31.6 Å². The molecule has 0 saturated heterocycles. The highest BCUT2D eigenvalue weighted by Crippen LogP contribution is 2.50. The van der Waals surface area contributed by atoms with Crippen LogP contribution < -0.4 is 0 Å². The third kappa shape index (κ3) is 7.09. The summed E-state index contributed by atoms with van der Waals surface area (Å²) in [6.45, 7) is 4.65. The molecule has 4 aromatic carbocycles. The van der Waals surface area contributed by atoms with E-state index in [9.17, 15) is 19.5 Å². The van der Waals surface area contributed by atoms with E-state index in [4.69, 9.17) is 16.3 Å². The number of aliphatic carboxylic acids is 1.